The van der Waals surface area contributed by atoms with E-state index in [0.29, 0.717) is 29.7 Å². The molecule has 0 aliphatic heterocycles. The second kappa shape index (κ2) is 11.3. The SMILES string of the molecule is CCCn1cc(CN=C(NC(=O)c2cccc(Cl)c2)Nc2ccc(OCC)cc2)c(C)n1. The minimum Gasteiger partial charge on any atom is -0.494 e. The Bertz CT molecular complexity index is 1080. The summed E-state index contributed by atoms with van der Waals surface area (Å²) < 4.78 is 7.41. The quantitative estimate of drug-likeness (QED) is 0.369. The van der Waals surface area contributed by atoms with Crippen molar-refractivity contribution in [1.29, 1.82) is 0 Å². The molecular weight excluding hydrogens is 426 g/mol. The number of hydrogen-bond acceptors (Lipinski definition) is 4. The third kappa shape index (κ3) is 6.59. The average molecular weight is 454 g/mol. The molecule has 0 unspecified atom stereocenters. The fraction of sp³-hybridized carbons (Fsp3) is 0.292. The van der Waals surface area contributed by atoms with E-state index in [1.54, 1.807) is 24.3 Å². The minimum atomic E-state index is -0.303. The number of benzene rings is 2. The van der Waals surface area contributed by atoms with Crippen LogP contribution in [0.2, 0.25) is 5.02 Å². The van der Waals surface area contributed by atoms with E-state index in [9.17, 15) is 4.79 Å². The van der Waals surface area contributed by atoms with Crippen LogP contribution in [0.1, 0.15) is 41.9 Å². The molecule has 3 aromatic rings. The highest BCUT2D eigenvalue weighted by Gasteiger charge is 2.11. The van der Waals surface area contributed by atoms with Gasteiger partial charge >= 0.3 is 0 Å². The first-order chi connectivity index (χ1) is 15.5. The standard InChI is InChI=1S/C24H28ClN5O2/c1-4-13-30-16-19(17(3)29-30)15-26-24(27-21-9-11-22(12-10-21)32-5-2)28-23(31)18-7-6-8-20(25)14-18/h6-12,14,16H,4-5,13,15H2,1-3H3,(H2,26,27,28,31). The Hall–Kier alpha value is -3.32. The summed E-state index contributed by atoms with van der Waals surface area (Å²) in [4.78, 5) is 17.4. The molecule has 0 saturated carbocycles. The fourth-order valence-electron chi connectivity index (χ4n) is 3.08. The number of nitrogens with zero attached hydrogens (tertiary/aromatic N) is 3. The number of halogens is 1. The van der Waals surface area contributed by atoms with E-state index in [1.165, 1.54) is 0 Å². The fourth-order valence-corrected chi connectivity index (χ4v) is 3.27. The highest BCUT2D eigenvalue weighted by molar-refractivity contribution is 6.31. The zero-order valence-electron chi connectivity index (χ0n) is 18.6. The van der Waals surface area contributed by atoms with Crippen LogP contribution in [0.5, 0.6) is 5.75 Å². The van der Waals surface area contributed by atoms with Gasteiger partial charge in [0.25, 0.3) is 5.91 Å². The maximum Gasteiger partial charge on any atom is 0.258 e. The van der Waals surface area contributed by atoms with Crippen LogP contribution < -0.4 is 15.4 Å². The molecule has 168 valence electrons. The van der Waals surface area contributed by atoms with Gasteiger partial charge in [-0.05, 0) is 62.7 Å². The number of guanidine groups is 1. The molecule has 0 fully saturated rings. The van der Waals surface area contributed by atoms with E-state index >= 15 is 0 Å². The third-order valence-corrected chi connectivity index (χ3v) is 4.89. The van der Waals surface area contributed by atoms with Crippen molar-refractivity contribution in [2.45, 2.75) is 40.3 Å². The molecule has 8 heteroatoms. The van der Waals surface area contributed by atoms with Gasteiger partial charge in [0, 0.05) is 34.6 Å². The molecule has 3 rings (SSSR count). The Labute approximate surface area is 193 Å². The van der Waals surface area contributed by atoms with Gasteiger partial charge in [0.2, 0.25) is 5.96 Å². The third-order valence-electron chi connectivity index (χ3n) is 4.66. The first-order valence-corrected chi connectivity index (χ1v) is 11.0. The molecule has 0 atom stereocenters. The first kappa shape index (κ1) is 23.3. The van der Waals surface area contributed by atoms with Crippen LogP contribution in [-0.2, 0) is 13.1 Å². The molecule has 7 nitrogen and oxygen atoms in total. The van der Waals surface area contributed by atoms with Crippen LogP contribution in [0, 0.1) is 6.92 Å². The smallest absolute Gasteiger partial charge is 0.258 e. The Morgan fingerprint density at radius 3 is 2.66 bits per heavy atom. The molecule has 0 saturated heterocycles. The molecule has 1 aromatic heterocycles. The number of aliphatic imine (C=N–C) groups is 1. The molecule has 0 bridgehead atoms. The lowest BCUT2D eigenvalue weighted by molar-refractivity contribution is 0.0977. The number of rotatable bonds is 8. The zero-order chi connectivity index (χ0) is 22.9. The maximum absolute atomic E-state index is 12.8. The molecular formula is C24H28ClN5O2. The summed E-state index contributed by atoms with van der Waals surface area (Å²) in [5.74, 6) is 0.809. The van der Waals surface area contributed by atoms with E-state index in [0.717, 1.165) is 35.7 Å². The van der Waals surface area contributed by atoms with Crippen molar-refractivity contribution in [1.82, 2.24) is 15.1 Å². The summed E-state index contributed by atoms with van der Waals surface area (Å²) in [5, 5.41) is 11.1. The van der Waals surface area contributed by atoms with Crippen molar-refractivity contribution in [2.75, 3.05) is 11.9 Å². The van der Waals surface area contributed by atoms with Crippen molar-refractivity contribution in [3.63, 3.8) is 0 Å². The van der Waals surface area contributed by atoms with Gasteiger partial charge in [-0.2, -0.15) is 5.10 Å². The van der Waals surface area contributed by atoms with Crippen molar-refractivity contribution in [3.8, 4) is 5.75 Å². The molecule has 2 N–H and O–H groups in total. The van der Waals surface area contributed by atoms with Gasteiger partial charge in [0.05, 0.1) is 18.8 Å². The normalized spacial score (nSPS) is 11.3. The number of aryl methyl sites for hydroxylation is 2. The number of carbonyl (C=O) groups is 1. The predicted molar refractivity (Wildman–Crippen MR) is 129 cm³/mol. The Morgan fingerprint density at radius 2 is 1.97 bits per heavy atom. The molecule has 1 heterocycles. The van der Waals surface area contributed by atoms with Crippen LogP contribution >= 0.6 is 11.6 Å². The Kier molecular flexibility index (Phi) is 8.27. The van der Waals surface area contributed by atoms with Crippen LogP contribution in [0.25, 0.3) is 0 Å². The van der Waals surface area contributed by atoms with Crippen LogP contribution in [0.4, 0.5) is 5.69 Å². The van der Waals surface area contributed by atoms with E-state index in [4.69, 9.17) is 16.3 Å². The minimum absolute atomic E-state index is 0.303. The van der Waals surface area contributed by atoms with Crippen LogP contribution in [0.3, 0.4) is 0 Å². The van der Waals surface area contributed by atoms with Crippen LogP contribution in [0.15, 0.2) is 59.7 Å². The average Bonchev–Trinajstić information content (AvgIpc) is 3.13. The van der Waals surface area contributed by atoms with Crippen molar-refractivity contribution in [2.24, 2.45) is 4.99 Å². The highest BCUT2D eigenvalue weighted by Crippen LogP contribution is 2.16. The van der Waals surface area contributed by atoms with E-state index in [2.05, 4.69) is 27.6 Å². The number of anilines is 1. The molecule has 0 radical (unpaired) electrons. The number of nitrogens with one attached hydrogen (secondary N) is 2. The predicted octanol–water partition coefficient (Wildman–Crippen LogP) is 5.05. The topological polar surface area (TPSA) is 80.5 Å². The maximum atomic E-state index is 12.8. The van der Waals surface area contributed by atoms with Gasteiger partial charge in [-0.3, -0.25) is 14.8 Å². The van der Waals surface area contributed by atoms with Crippen molar-refractivity contribution < 1.29 is 9.53 Å². The summed E-state index contributed by atoms with van der Waals surface area (Å²) in [7, 11) is 0. The van der Waals surface area contributed by atoms with Gasteiger partial charge in [-0.15, -0.1) is 0 Å². The Morgan fingerprint density at radius 1 is 1.19 bits per heavy atom. The molecule has 1 amide bonds. The van der Waals surface area contributed by atoms with E-state index < -0.39 is 0 Å². The van der Waals surface area contributed by atoms with Gasteiger partial charge in [0.1, 0.15) is 5.75 Å². The summed E-state index contributed by atoms with van der Waals surface area (Å²) >= 11 is 6.04. The monoisotopic (exact) mass is 453 g/mol. The molecule has 2 aromatic carbocycles. The van der Waals surface area contributed by atoms with Gasteiger partial charge in [-0.25, -0.2) is 4.99 Å². The van der Waals surface area contributed by atoms with E-state index in [1.807, 2.05) is 49.0 Å². The molecule has 0 aliphatic carbocycles. The summed E-state index contributed by atoms with van der Waals surface area (Å²) in [6.45, 7) is 7.84. The van der Waals surface area contributed by atoms with Crippen LogP contribution in [-0.4, -0.2) is 28.3 Å². The van der Waals surface area contributed by atoms with Crippen molar-refractivity contribution in [3.05, 3.63) is 76.6 Å². The molecule has 32 heavy (non-hydrogen) atoms. The Balaban J connectivity index is 1.80. The van der Waals surface area contributed by atoms with Gasteiger partial charge in [-0.1, -0.05) is 24.6 Å². The number of amides is 1. The second-order valence-electron chi connectivity index (χ2n) is 7.21. The lowest BCUT2D eigenvalue weighted by atomic mass is 10.2. The summed E-state index contributed by atoms with van der Waals surface area (Å²) in [5.41, 5.74) is 3.15. The van der Waals surface area contributed by atoms with E-state index in [-0.39, 0.29) is 5.91 Å². The summed E-state index contributed by atoms with van der Waals surface area (Å²) in [6, 6.07) is 14.2. The zero-order valence-corrected chi connectivity index (χ0v) is 19.3. The first-order valence-electron chi connectivity index (χ1n) is 10.6. The van der Waals surface area contributed by atoms with Crippen molar-refractivity contribution >= 4 is 29.2 Å². The summed E-state index contributed by atoms with van der Waals surface area (Å²) in [6.07, 6.45) is 3.00. The van der Waals surface area contributed by atoms with Gasteiger partial charge in [0.15, 0.2) is 0 Å². The lowest BCUT2D eigenvalue weighted by Gasteiger charge is -2.13. The number of ether oxygens (including phenoxy) is 1. The second-order valence-corrected chi connectivity index (χ2v) is 7.65. The lowest BCUT2D eigenvalue weighted by Crippen LogP contribution is -2.36. The highest BCUT2D eigenvalue weighted by atomic mass is 35.5. The molecule has 0 aliphatic rings. The number of hydrogen-bond donors (Lipinski definition) is 2. The largest absolute Gasteiger partial charge is 0.494 e. The number of carbonyl (C=O) groups excluding carboxylic acids is 1. The number of aromatic nitrogens is 2. The van der Waals surface area contributed by atoms with Gasteiger partial charge < -0.3 is 10.1 Å². The molecule has 0 spiro atoms.